The molecule has 116 valence electrons. The Morgan fingerprint density at radius 3 is 2.52 bits per heavy atom. The molecular formula is C17H25NO3. The molecule has 3 N–H and O–H groups in total. The molecule has 4 heteroatoms. The maximum Gasteiger partial charge on any atom is 0.161 e. The van der Waals surface area contributed by atoms with Crippen LogP contribution in [0.15, 0.2) is 18.2 Å². The van der Waals surface area contributed by atoms with Crippen molar-refractivity contribution in [1.29, 1.82) is 0 Å². The molecule has 0 saturated heterocycles. The molecule has 1 aromatic rings. The minimum Gasteiger partial charge on any atom is -0.486 e. The number of fused-ring (bicyclic) bond motifs is 1. The zero-order valence-corrected chi connectivity index (χ0v) is 12.7. The first-order chi connectivity index (χ1) is 10.1. The summed E-state index contributed by atoms with van der Waals surface area (Å²) in [6.07, 6.45) is 4.15. The predicted octanol–water partition coefficient (Wildman–Crippen LogP) is 2.44. The second-order valence-electron chi connectivity index (χ2n) is 6.55. The van der Waals surface area contributed by atoms with Gasteiger partial charge in [-0.05, 0) is 36.0 Å². The fourth-order valence-electron chi connectivity index (χ4n) is 3.70. The van der Waals surface area contributed by atoms with E-state index in [-0.39, 0.29) is 11.3 Å². The van der Waals surface area contributed by atoms with Crippen LogP contribution in [0, 0.1) is 5.41 Å². The van der Waals surface area contributed by atoms with Crippen LogP contribution in [0.2, 0.25) is 0 Å². The molecule has 2 aliphatic rings. The van der Waals surface area contributed by atoms with Crippen LogP contribution in [0.25, 0.3) is 0 Å². The number of aliphatic hydroxyl groups is 1. The molecule has 0 aromatic heterocycles. The number of rotatable bonds is 4. The van der Waals surface area contributed by atoms with E-state index < -0.39 is 6.10 Å². The highest BCUT2D eigenvalue weighted by Gasteiger charge is 2.40. The number of aliphatic hydroxyl groups excluding tert-OH is 1. The van der Waals surface area contributed by atoms with E-state index in [0.29, 0.717) is 19.8 Å². The molecule has 1 aliphatic heterocycles. The molecule has 0 amide bonds. The lowest BCUT2D eigenvalue weighted by Crippen LogP contribution is -2.38. The molecule has 21 heavy (non-hydrogen) atoms. The Labute approximate surface area is 126 Å². The number of hydrogen-bond donors (Lipinski definition) is 2. The first-order valence-corrected chi connectivity index (χ1v) is 7.92. The Morgan fingerprint density at radius 2 is 1.86 bits per heavy atom. The minimum absolute atomic E-state index is 0.0166. The van der Waals surface area contributed by atoms with Crippen molar-refractivity contribution in [3.8, 4) is 11.5 Å². The first-order valence-electron chi connectivity index (χ1n) is 7.92. The fraction of sp³-hybridized carbons (Fsp3) is 0.647. The second-order valence-corrected chi connectivity index (χ2v) is 6.55. The van der Waals surface area contributed by atoms with Gasteiger partial charge in [0.05, 0.1) is 6.10 Å². The molecular weight excluding hydrogens is 266 g/mol. The number of nitrogens with two attached hydrogens (primary N) is 1. The Kier molecular flexibility index (Phi) is 4.09. The van der Waals surface area contributed by atoms with Crippen LogP contribution < -0.4 is 15.2 Å². The van der Waals surface area contributed by atoms with Gasteiger partial charge in [0.2, 0.25) is 0 Å². The molecule has 1 fully saturated rings. The van der Waals surface area contributed by atoms with Gasteiger partial charge in [-0.3, -0.25) is 0 Å². The molecule has 4 nitrogen and oxygen atoms in total. The van der Waals surface area contributed by atoms with Gasteiger partial charge in [-0.25, -0.2) is 0 Å². The number of ether oxygens (including phenoxy) is 2. The first kappa shape index (κ1) is 14.7. The third-order valence-corrected chi connectivity index (χ3v) is 5.09. The molecule has 1 aromatic carbocycles. The normalized spacial score (nSPS) is 22.8. The van der Waals surface area contributed by atoms with Gasteiger partial charge in [-0.1, -0.05) is 25.8 Å². The lowest BCUT2D eigenvalue weighted by Gasteiger charge is -2.36. The van der Waals surface area contributed by atoms with Crippen LogP contribution in [0.3, 0.4) is 0 Å². The maximum atomic E-state index is 10.9. The SMILES string of the molecule is CC1(C(O)C(CN)c2ccc3c(c2)OCCO3)CCCC1. The van der Waals surface area contributed by atoms with Gasteiger partial charge in [0.15, 0.2) is 11.5 Å². The van der Waals surface area contributed by atoms with E-state index >= 15 is 0 Å². The summed E-state index contributed by atoms with van der Waals surface area (Å²) in [5.74, 6) is 1.49. The van der Waals surface area contributed by atoms with E-state index in [1.165, 1.54) is 12.8 Å². The lowest BCUT2D eigenvalue weighted by molar-refractivity contribution is 0.0211. The van der Waals surface area contributed by atoms with E-state index in [4.69, 9.17) is 15.2 Å². The van der Waals surface area contributed by atoms with Gasteiger partial charge in [-0.2, -0.15) is 0 Å². The molecule has 1 heterocycles. The monoisotopic (exact) mass is 291 g/mol. The molecule has 3 rings (SSSR count). The summed E-state index contributed by atoms with van der Waals surface area (Å²) in [6, 6.07) is 5.91. The van der Waals surface area contributed by atoms with Crippen LogP contribution in [0.5, 0.6) is 11.5 Å². The van der Waals surface area contributed by atoms with Crippen LogP contribution in [0.1, 0.15) is 44.1 Å². The Morgan fingerprint density at radius 1 is 1.19 bits per heavy atom. The van der Waals surface area contributed by atoms with Crippen molar-refractivity contribution in [3.05, 3.63) is 23.8 Å². The average molecular weight is 291 g/mol. The zero-order chi connectivity index (χ0) is 14.9. The lowest BCUT2D eigenvalue weighted by atomic mass is 9.74. The molecule has 0 radical (unpaired) electrons. The van der Waals surface area contributed by atoms with Crippen molar-refractivity contribution in [2.75, 3.05) is 19.8 Å². The standard InChI is InChI=1S/C17H25NO3/c1-17(6-2-3-7-17)16(19)13(11-18)12-4-5-14-15(10-12)21-9-8-20-14/h4-5,10,13,16,19H,2-3,6-9,11,18H2,1H3. The van der Waals surface area contributed by atoms with E-state index in [1.807, 2.05) is 18.2 Å². The van der Waals surface area contributed by atoms with Crippen molar-refractivity contribution < 1.29 is 14.6 Å². The molecule has 1 aliphatic carbocycles. The summed E-state index contributed by atoms with van der Waals surface area (Å²) < 4.78 is 11.2. The van der Waals surface area contributed by atoms with E-state index in [0.717, 1.165) is 29.9 Å². The second kappa shape index (κ2) is 5.85. The fourth-order valence-corrected chi connectivity index (χ4v) is 3.70. The maximum absolute atomic E-state index is 10.9. The van der Waals surface area contributed by atoms with Gasteiger partial charge >= 0.3 is 0 Å². The van der Waals surface area contributed by atoms with E-state index in [2.05, 4.69) is 6.92 Å². The highest BCUT2D eigenvalue weighted by atomic mass is 16.6. The van der Waals surface area contributed by atoms with Crippen molar-refractivity contribution in [2.24, 2.45) is 11.1 Å². The number of hydrogen-bond acceptors (Lipinski definition) is 4. The largest absolute Gasteiger partial charge is 0.486 e. The summed E-state index contributed by atoms with van der Waals surface area (Å²) in [5.41, 5.74) is 7.00. The van der Waals surface area contributed by atoms with Gasteiger partial charge < -0.3 is 20.3 Å². The van der Waals surface area contributed by atoms with Gasteiger partial charge in [0, 0.05) is 12.5 Å². The van der Waals surface area contributed by atoms with Crippen molar-refractivity contribution >= 4 is 0 Å². The molecule has 2 unspecified atom stereocenters. The third-order valence-electron chi connectivity index (χ3n) is 5.09. The van der Waals surface area contributed by atoms with Gasteiger partial charge in [-0.15, -0.1) is 0 Å². The van der Waals surface area contributed by atoms with Crippen LogP contribution in [0.4, 0.5) is 0 Å². The molecule has 2 atom stereocenters. The minimum atomic E-state index is -0.410. The Hall–Kier alpha value is -1.26. The smallest absolute Gasteiger partial charge is 0.161 e. The third kappa shape index (κ3) is 2.74. The molecule has 0 spiro atoms. The summed E-state index contributed by atoms with van der Waals surface area (Å²) in [7, 11) is 0. The molecule has 0 bridgehead atoms. The quantitative estimate of drug-likeness (QED) is 0.894. The summed E-state index contributed by atoms with van der Waals surface area (Å²) in [6.45, 7) is 3.79. The van der Waals surface area contributed by atoms with E-state index in [9.17, 15) is 5.11 Å². The summed E-state index contributed by atoms with van der Waals surface area (Å²) in [5, 5.41) is 10.9. The molecule has 1 saturated carbocycles. The van der Waals surface area contributed by atoms with Gasteiger partial charge in [0.25, 0.3) is 0 Å². The highest BCUT2D eigenvalue weighted by Crippen LogP contribution is 2.45. The predicted molar refractivity (Wildman–Crippen MR) is 81.8 cm³/mol. The van der Waals surface area contributed by atoms with Crippen LogP contribution in [-0.4, -0.2) is 31.0 Å². The van der Waals surface area contributed by atoms with Crippen molar-refractivity contribution in [1.82, 2.24) is 0 Å². The Bertz CT molecular complexity index is 497. The van der Waals surface area contributed by atoms with Crippen molar-refractivity contribution in [2.45, 2.75) is 44.6 Å². The van der Waals surface area contributed by atoms with Crippen molar-refractivity contribution in [3.63, 3.8) is 0 Å². The summed E-state index contributed by atoms with van der Waals surface area (Å²) >= 11 is 0. The highest BCUT2D eigenvalue weighted by molar-refractivity contribution is 5.45. The van der Waals surface area contributed by atoms with E-state index in [1.54, 1.807) is 0 Å². The van der Waals surface area contributed by atoms with Gasteiger partial charge in [0.1, 0.15) is 13.2 Å². The average Bonchev–Trinajstić information content (AvgIpc) is 2.96. The van der Waals surface area contributed by atoms with Crippen LogP contribution >= 0.6 is 0 Å². The Balaban J connectivity index is 1.85. The number of benzene rings is 1. The van der Waals surface area contributed by atoms with Crippen LogP contribution in [-0.2, 0) is 0 Å². The topological polar surface area (TPSA) is 64.7 Å². The summed E-state index contributed by atoms with van der Waals surface area (Å²) in [4.78, 5) is 0. The zero-order valence-electron chi connectivity index (χ0n) is 12.7.